The molecule has 0 spiro atoms. The van der Waals surface area contributed by atoms with E-state index in [1.54, 1.807) is 7.11 Å². The normalized spacial score (nSPS) is 12.1. The first kappa shape index (κ1) is 27.2. The molecule has 0 aliphatic rings. The molecule has 0 aliphatic carbocycles. The molecule has 0 amide bonds. The first-order valence-electron chi connectivity index (χ1n) is 10.5. The third-order valence-electron chi connectivity index (χ3n) is 4.61. The third kappa shape index (κ3) is 9.88. The lowest BCUT2D eigenvalue weighted by Gasteiger charge is -2.16. The molecule has 1 unspecified atom stereocenters. The summed E-state index contributed by atoms with van der Waals surface area (Å²) in [7, 11) is 1.69. The minimum atomic E-state index is -0.604. The molecule has 2 aromatic carbocycles. The van der Waals surface area contributed by atoms with Crippen LogP contribution >= 0.6 is 24.0 Å². The van der Waals surface area contributed by atoms with Gasteiger partial charge in [-0.15, -0.1) is 24.0 Å². The fourth-order valence-corrected chi connectivity index (χ4v) is 3.01. The summed E-state index contributed by atoms with van der Waals surface area (Å²) in [5.41, 5.74) is 4.19. The highest BCUT2D eigenvalue weighted by atomic mass is 127. The van der Waals surface area contributed by atoms with Crippen LogP contribution in [0.2, 0.25) is 0 Å². The minimum absolute atomic E-state index is 0. The number of rotatable bonds is 11. The van der Waals surface area contributed by atoms with Crippen LogP contribution in [0, 0.1) is 13.8 Å². The van der Waals surface area contributed by atoms with Crippen molar-refractivity contribution in [3.63, 3.8) is 0 Å². The average Bonchev–Trinajstić information content (AvgIpc) is 2.74. The number of methoxy groups -OCH3 is 1. The molecule has 1 atom stereocenters. The van der Waals surface area contributed by atoms with Crippen molar-refractivity contribution >= 4 is 29.9 Å². The van der Waals surface area contributed by atoms with Crippen LogP contribution < -0.4 is 15.4 Å². The molecule has 6 nitrogen and oxygen atoms in total. The van der Waals surface area contributed by atoms with Crippen molar-refractivity contribution in [2.75, 3.05) is 33.4 Å². The lowest BCUT2D eigenvalue weighted by atomic mass is 10.1. The number of halogens is 1. The summed E-state index contributed by atoms with van der Waals surface area (Å²) in [5.74, 6) is 1.51. The Kier molecular flexibility index (Phi) is 13.2. The zero-order valence-electron chi connectivity index (χ0n) is 19.0. The molecule has 172 valence electrons. The lowest BCUT2D eigenvalue weighted by Crippen LogP contribution is -2.39. The zero-order chi connectivity index (χ0) is 21.8. The topological polar surface area (TPSA) is 75.1 Å². The van der Waals surface area contributed by atoms with E-state index in [1.807, 2.05) is 51.1 Å². The molecule has 0 radical (unpaired) electrons. The van der Waals surface area contributed by atoms with E-state index in [1.165, 1.54) is 0 Å². The van der Waals surface area contributed by atoms with Gasteiger partial charge in [-0.2, -0.15) is 0 Å². The molecule has 0 saturated heterocycles. The van der Waals surface area contributed by atoms with E-state index in [0.29, 0.717) is 32.3 Å². The number of hydrogen-bond donors (Lipinski definition) is 3. The maximum Gasteiger partial charge on any atom is 0.191 e. The Bertz CT molecular complexity index is 814. The van der Waals surface area contributed by atoms with E-state index in [0.717, 1.165) is 41.0 Å². The molecule has 0 heterocycles. The first-order valence-corrected chi connectivity index (χ1v) is 10.5. The lowest BCUT2D eigenvalue weighted by molar-refractivity contribution is 0.172. The number of guanidine groups is 1. The van der Waals surface area contributed by atoms with Crippen LogP contribution in [-0.4, -0.2) is 44.5 Å². The molecule has 0 bridgehead atoms. The highest BCUT2D eigenvalue weighted by molar-refractivity contribution is 14.0. The van der Waals surface area contributed by atoms with E-state index in [-0.39, 0.29) is 24.0 Å². The van der Waals surface area contributed by atoms with Crippen LogP contribution in [0.1, 0.15) is 41.7 Å². The van der Waals surface area contributed by atoms with E-state index < -0.39 is 6.10 Å². The van der Waals surface area contributed by atoms with Crippen molar-refractivity contribution in [2.24, 2.45) is 4.99 Å². The summed E-state index contributed by atoms with van der Waals surface area (Å²) in [5, 5.41) is 17.0. The fourth-order valence-electron chi connectivity index (χ4n) is 3.01. The van der Waals surface area contributed by atoms with Crippen molar-refractivity contribution in [3.05, 3.63) is 64.7 Å². The number of aliphatic imine (C=N–C) groups is 1. The minimum Gasteiger partial charge on any atom is -0.493 e. The highest BCUT2D eigenvalue weighted by Crippen LogP contribution is 2.21. The van der Waals surface area contributed by atoms with Gasteiger partial charge in [0.25, 0.3) is 0 Å². The first-order chi connectivity index (χ1) is 14.5. The number of benzene rings is 2. The molecule has 0 saturated carbocycles. The molecule has 2 aromatic rings. The van der Waals surface area contributed by atoms with Gasteiger partial charge in [0.05, 0.1) is 19.3 Å². The summed E-state index contributed by atoms with van der Waals surface area (Å²) in [6.45, 7) is 8.97. The number of aryl methyl sites for hydroxylation is 2. The number of nitrogens with one attached hydrogen (secondary N) is 2. The van der Waals surface area contributed by atoms with Gasteiger partial charge in [0, 0.05) is 38.8 Å². The Morgan fingerprint density at radius 1 is 1.06 bits per heavy atom. The second kappa shape index (κ2) is 15.0. The molecule has 31 heavy (non-hydrogen) atoms. The predicted molar refractivity (Wildman–Crippen MR) is 138 cm³/mol. The number of aliphatic hydroxyl groups is 1. The second-order valence-corrected chi connectivity index (χ2v) is 7.31. The third-order valence-corrected chi connectivity index (χ3v) is 4.61. The van der Waals surface area contributed by atoms with Gasteiger partial charge in [0.2, 0.25) is 0 Å². The summed E-state index contributed by atoms with van der Waals surface area (Å²) in [6.07, 6.45) is 0.238. The van der Waals surface area contributed by atoms with Crippen molar-refractivity contribution in [1.82, 2.24) is 10.6 Å². The van der Waals surface area contributed by atoms with Gasteiger partial charge >= 0.3 is 0 Å². The van der Waals surface area contributed by atoms with Gasteiger partial charge in [-0.25, -0.2) is 4.99 Å². The standard InChI is InChI=1S/C24H35N3O3.HI/c1-5-25-24(27-17-22(28)20-9-6-8-18(2)14-20)26-16-21-11-10-19(3)15-23(21)30-13-7-12-29-4;/h6,8-11,14-15,22,28H,5,7,12-13,16-17H2,1-4H3,(H2,25,26,27);1H. The summed E-state index contributed by atoms with van der Waals surface area (Å²) < 4.78 is 11.0. The molecule has 7 heteroatoms. The van der Waals surface area contributed by atoms with E-state index >= 15 is 0 Å². The smallest absolute Gasteiger partial charge is 0.191 e. The Hall–Kier alpha value is -1.84. The summed E-state index contributed by atoms with van der Waals surface area (Å²) in [6, 6.07) is 14.1. The SMILES string of the molecule is CCNC(=NCc1ccc(C)cc1OCCCOC)NCC(O)c1cccc(C)c1.I. The molecule has 2 rings (SSSR count). The fraction of sp³-hybridized carbons (Fsp3) is 0.458. The second-order valence-electron chi connectivity index (χ2n) is 7.31. The largest absolute Gasteiger partial charge is 0.493 e. The van der Waals surface area contributed by atoms with E-state index in [4.69, 9.17) is 9.47 Å². The van der Waals surface area contributed by atoms with Crippen molar-refractivity contribution in [2.45, 2.75) is 39.8 Å². The van der Waals surface area contributed by atoms with Gasteiger partial charge in [0.15, 0.2) is 5.96 Å². The molecular weight excluding hydrogens is 505 g/mol. The Labute approximate surface area is 203 Å². The number of nitrogens with zero attached hydrogens (tertiary/aromatic N) is 1. The molecule has 0 aliphatic heterocycles. The average molecular weight is 541 g/mol. The Morgan fingerprint density at radius 2 is 1.84 bits per heavy atom. The van der Waals surface area contributed by atoms with Gasteiger partial charge in [-0.1, -0.05) is 42.0 Å². The van der Waals surface area contributed by atoms with Gasteiger partial charge in [-0.3, -0.25) is 0 Å². The Morgan fingerprint density at radius 3 is 2.55 bits per heavy atom. The molecule has 3 N–H and O–H groups in total. The summed E-state index contributed by atoms with van der Waals surface area (Å²) in [4.78, 5) is 4.68. The van der Waals surface area contributed by atoms with Crippen LogP contribution in [0.25, 0.3) is 0 Å². The van der Waals surface area contributed by atoms with Gasteiger partial charge in [-0.05, 0) is 38.0 Å². The van der Waals surface area contributed by atoms with Crippen molar-refractivity contribution < 1.29 is 14.6 Å². The molecule has 0 aromatic heterocycles. The number of hydrogen-bond acceptors (Lipinski definition) is 4. The summed E-state index contributed by atoms with van der Waals surface area (Å²) >= 11 is 0. The van der Waals surface area contributed by atoms with Crippen LogP contribution in [-0.2, 0) is 11.3 Å². The maximum atomic E-state index is 10.5. The quantitative estimate of drug-likeness (QED) is 0.173. The monoisotopic (exact) mass is 541 g/mol. The maximum absolute atomic E-state index is 10.5. The highest BCUT2D eigenvalue weighted by Gasteiger charge is 2.09. The number of ether oxygens (including phenoxy) is 2. The van der Waals surface area contributed by atoms with Crippen LogP contribution in [0.15, 0.2) is 47.5 Å². The van der Waals surface area contributed by atoms with Crippen LogP contribution in [0.5, 0.6) is 5.75 Å². The Balaban J connectivity index is 0.00000480. The van der Waals surface area contributed by atoms with Crippen LogP contribution in [0.4, 0.5) is 0 Å². The molecule has 0 fully saturated rings. The zero-order valence-corrected chi connectivity index (χ0v) is 21.3. The van der Waals surface area contributed by atoms with Crippen molar-refractivity contribution in [3.8, 4) is 5.75 Å². The van der Waals surface area contributed by atoms with Gasteiger partial charge < -0.3 is 25.2 Å². The van der Waals surface area contributed by atoms with Gasteiger partial charge in [0.1, 0.15) is 5.75 Å². The van der Waals surface area contributed by atoms with Crippen molar-refractivity contribution in [1.29, 1.82) is 0 Å². The van der Waals surface area contributed by atoms with Crippen LogP contribution in [0.3, 0.4) is 0 Å². The van der Waals surface area contributed by atoms with E-state index in [9.17, 15) is 5.11 Å². The van der Waals surface area contributed by atoms with E-state index in [2.05, 4.69) is 27.8 Å². The number of aliphatic hydroxyl groups excluding tert-OH is 1. The molecular formula is C24H36IN3O3. The predicted octanol–water partition coefficient (Wildman–Crippen LogP) is 4.13.